The Morgan fingerprint density at radius 3 is 2.24 bits per heavy atom. The van der Waals surface area contributed by atoms with Gasteiger partial charge in [-0.3, -0.25) is 9.59 Å². The molecule has 0 unspecified atom stereocenters. The Kier molecular flexibility index (Phi) is 9.03. The fourth-order valence-electron chi connectivity index (χ4n) is 3.08. The van der Waals surface area contributed by atoms with Crippen LogP contribution in [0, 0.1) is 12.8 Å². The first-order chi connectivity index (χ1) is 15.6. The number of aliphatic carboxylic acids is 1. The molecule has 0 saturated heterocycles. The van der Waals surface area contributed by atoms with Crippen LogP contribution in [0.1, 0.15) is 41.8 Å². The zero-order chi connectivity index (χ0) is 24.5. The molecule has 176 valence electrons. The Morgan fingerprint density at radius 2 is 1.70 bits per heavy atom. The lowest BCUT2D eigenvalue weighted by atomic mass is 10.0. The Morgan fingerprint density at radius 1 is 1.03 bits per heavy atom. The number of rotatable bonds is 10. The molecule has 0 spiro atoms. The Labute approximate surface area is 193 Å². The molecule has 3 N–H and O–H groups in total. The third-order valence-electron chi connectivity index (χ3n) is 4.86. The van der Waals surface area contributed by atoms with E-state index in [-0.39, 0.29) is 18.0 Å². The number of hydrogen-bond acceptors (Lipinski definition) is 5. The number of methoxy groups -OCH3 is 2. The number of ether oxygens (including phenoxy) is 2. The van der Waals surface area contributed by atoms with E-state index in [4.69, 9.17) is 9.47 Å². The van der Waals surface area contributed by atoms with Gasteiger partial charge in [0.05, 0.1) is 14.2 Å². The molecule has 0 saturated carbocycles. The maximum Gasteiger partial charge on any atom is 0.326 e. The third kappa shape index (κ3) is 7.38. The second kappa shape index (κ2) is 11.7. The van der Waals surface area contributed by atoms with E-state index in [1.165, 1.54) is 20.3 Å². The van der Waals surface area contributed by atoms with Gasteiger partial charge in [0.15, 0.2) is 0 Å². The zero-order valence-corrected chi connectivity index (χ0v) is 19.5. The fourth-order valence-corrected chi connectivity index (χ4v) is 3.08. The van der Waals surface area contributed by atoms with Gasteiger partial charge in [0.25, 0.3) is 11.8 Å². The summed E-state index contributed by atoms with van der Waals surface area (Å²) in [7, 11) is 2.99. The molecule has 2 aromatic carbocycles. The summed E-state index contributed by atoms with van der Waals surface area (Å²) >= 11 is 0. The number of amides is 2. The fraction of sp³-hybridized carbons (Fsp3) is 0.320. The summed E-state index contributed by atoms with van der Waals surface area (Å²) < 4.78 is 10.6. The normalized spacial score (nSPS) is 12.1. The van der Waals surface area contributed by atoms with Gasteiger partial charge in [0, 0.05) is 17.2 Å². The standard InChI is InChI=1S/C25H30N2O6/c1-15(2)12-21(25(30)31)27-24(29)20(26-23(28)17-8-6-16(3)7-9-17)13-18-10-11-19(32-4)14-22(18)33-5/h6-11,13-15,21H,12H2,1-5H3,(H,26,28)(H,27,29)(H,30,31)/b20-13+/t21-/m1/s1. The van der Waals surface area contributed by atoms with Crippen molar-refractivity contribution in [3.63, 3.8) is 0 Å². The molecule has 8 nitrogen and oxygen atoms in total. The van der Waals surface area contributed by atoms with Crippen molar-refractivity contribution in [1.29, 1.82) is 0 Å². The lowest BCUT2D eigenvalue weighted by Gasteiger charge is -2.18. The van der Waals surface area contributed by atoms with Crippen LogP contribution in [-0.2, 0) is 9.59 Å². The van der Waals surface area contributed by atoms with E-state index in [1.807, 2.05) is 20.8 Å². The smallest absolute Gasteiger partial charge is 0.326 e. The molecule has 1 atom stereocenters. The first-order valence-electron chi connectivity index (χ1n) is 10.5. The van der Waals surface area contributed by atoms with Gasteiger partial charge >= 0.3 is 5.97 Å². The van der Waals surface area contributed by atoms with Gasteiger partial charge in [-0.2, -0.15) is 0 Å². The van der Waals surface area contributed by atoms with E-state index in [0.29, 0.717) is 22.6 Å². The predicted molar refractivity (Wildman–Crippen MR) is 125 cm³/mol. The molecule has 0 aliphatic heterocycles. The third-order valence-corrected chi connectivity index (χ3v) is 4.86. The van der Waals surface area contributed by atoms with E-state index in [2.05, 4.69) is 10.6 Å². The molecule has 2 aromatic rings. The van der Waals surface area contributed by atoms with E-state index < -0.39 is 23.8 Å². The first-order valence-corrected chi connectivity index (χ1v) is 10.5. The minimum Gasteiger partial charge on any atom is -0.497 e. The molecular weight excluding hydrogens is 424 g/mol. The predicted octanol–water partition coefficient (Wildman–Crippen LogP) is 3.40. The van der Waals surface area contributed by atoms with Crippen LogP contribution in [0.25, 0.3) is 6.08 Å². The van der Waals surface area contributed by atoms with Gasteiger partial charge in [0.1, 0.15) is 23.2 Å². The Bertz CT molecular complexity index is 1030. The molecule has 33 heavy (non-hydrogen) atoms. The maximum absolute atomic E-state index is 13.1. The van der Waals surface area contributed by atoms with E-state index >= 15 is 0 Å². The van der Waals surface area contributed by atoms with Gasteiger partial charge in [0.2, 0.25) is 0 Å². The molecule has 0 aliphatic rings. The summed E-state index contributed by atoms with van der Waals surface area (Å²) in [5, 5.41) is 14.6. The van der Waals surface area contributed by atoms with E-state index in [0.717, 1.165) is 5.56 Å². The zero-order valence-electron chi connectivity index (χ0n) is 19.5. The van der Waals surface area contributed by atoms with Crippen molar-refractivity contribution in [1.82, 2.24) is 10.6 Å². The van der Waals surface area contributed by atoms with Crippen LogP contribution in [0.5, 0.6) is 11.5 Å². The summed E-state index contributed by atoms with van der Waals surface area (Å²) in [6, 6.07) is 10.8. The van der Waals surface area contributed by atoms with Crippen LogP contribution in [0.3, 0.4) is 0 Å². The van der Waals surface area contributed by atoms with Gasteiger partial charge in [-0.25, -0.2) is 4.79 Å². The topological polar surface area (TPSA) is 114 Å². The second-order valence-electron chi connectivity index (χ2n) is 7.98. The molecule has 0 radical (unpaired) electrons. The monoisotopic (exact) mass is 454 g/mol. The molecule has 0 aliphatic carbocycles. The number of carbonyl (C=O) groups is 3. The quantitative estimate of drug-likeness (QED) is 0.474. The summed E-state index contributed by atoms with van der Waals surface area (Å²) in [5.74, 6) is -1.35. The molecule has 0 fully saturated rings. The minimum atomic E-state index is -1.15. The maximum atomic E-state index is 13.1. The highest BCUT2D eigenvalue weighted by molar-refractivity contribution is 6.06. The number of carbonyl (C=O) groups excluding carboxylic acids is 2. The van der Waals surface area contributed by atoms with Crippen LogP contribution in [-0.4, -0.2) is 43.2 Å². The van der Waals surface area contributed by atoms with E-state index in [9.17, 15) is 19.5 Å². The lowest BCUT2D eigenvalue weighted by Crippen LogP contribution is -2.45. The average molecular weight is 455 g/mol. The second-order valence-corrected chi connectivity index (χ2v) is 7.98. The summed E-state index contributed by atoms with van der Waals surface area (Å²) in [6.45, 7) is 5.62. The van der Waals surface area contributed by atoms with Gasteiger partial charge in [-0.1, -0.05) is 31.5 Å². The van der Waals surface area contributed by atoms with Crippen molar-refractivity contribution in [2.45, 2.75) is 33.2 Å². The van der Waals surface area contributed by atoms with Crippen LogP contribution in [0.15, 0.2) is 48.2 Å². The van der Waals surface area contributed by atoms with Gasteiger partial charge in [-0.05, 0) is 49.6 Å². The first kappa shape index (κ1) is 25.5. The summed E-state index contributed by atoms with van der Waals surface area (Å²) in [6.07, 6.45) is 1.68. The molecule has 2 amide bonds. The van der Waals surface area contributed by atoms with Crippen LogP contribution < -0.4 is 20.1 Å². The number of hydrogen-bond donors (Lipinski definition) is 3. The van der Waals surface area contributed by atoms with Crippen molar-refractivity contribution in [3.05, 3.63) is 64.9 Å². The van der Waals surface area contributed by atoms with Crippen LogP contribution in [0.2, 0.25) is 0 Å². The Balaban J connectivity index is 2.43. The summed E-state index contributed by atoms with van der Waals surface area (Å²) in [4.78, 5) is 37.5. The SMILES string of the molecule is COc1ccc(/C=C(/NC(=O)c2ccc(C)cc2)C(=O)N[C@H](CC(C)C)C(=O)O)c(OC)c1. The number of benzene rings is 2. The molecule has 2 rings (SSSR count). The van der Waals surface area contributed by atoms with Crippen LogP contribution in [0.4, 0.5) is 0 Å². The number of aryl methyl sites for hydroxylation is 1. The highest BCUT2D eigenvalue weighted by atomic mass is 16.5. The molecular formula is C25H30N2O6. The number of nitrogens with one attached hydrogen (secondary N) is 2. The van der Waals surface area contributed by atoms with Crippen molar-refractivity contribution >= 4 is 23.9 Å². The van der Waals surface area contributed by atoms with Crippen molar-refractivity contribution < 1.29 is 29.0 Å². The highest BCUT2D eigenvalue weighted by Gasteiger charge is 2.24. The van der Waals surface area contributed by atoms with Crippen molar-refractivity contribution in [2.24, 2.45) is 5.92 Å². The number of carboxylic acid groups (broad SMARTS) is 1. The minimum absolute atomic E-state index is 0.0441. The van der Waals surface area contributed by atoms with Gasteiger partial charge < -0.3 is 25.2 Å². The number of carboxylic acids is 1. The van der Waals surface area contributed by atoms with E-state index in [1.54, 1.807) is 42.5 Å². The largest absolute Gasteiger partial charge is 0.497 e. The lowest BCUT2D eigenvalue weighted by molar-refractivity contribution is -0.141. The summed E-state index contributed by atoms with van der Waals surface area (Å²) in [5.41, 5.74) is 1.74. The highest BCUT2D eigenvalue weighted by Crippen LogP contribution is 2.26. The Hall–Kier alpha value is -3.81. The van der Waals surface area contributed by atoms with Gasteiger partial charge in [-0.15, -0.1) is 0 Å². The van der Waals surface area contributed by atoms with Crippen molar-refractivity contribution in [2.75, 3.05) is 14.2 Å². The molecule has 0 bridgehead atoms. The van der Waals surface area contributed by atoms with Crippen LogP contribution >= 0.6 is 0 Å². The molecule has 0 aromatic heterocycles. The molecule has 0 heterocycles. The average Bonchev–Trinajstić information content (AvgIpc) is 2.78. The van der Waals surface area contributed by atoms with Crippen molar-refractivity contribution in [3.8, 4) is 11.5 Å². The molecule has 8 heteroatoms.